The highest BCUT2D eigenvalue weighted by atomic mass is 16.5. The van der Waals surface area contributed by atoms with Gasteiger partial charge >= 0.3 is 0 Å². The molecule has 0 atom stereocenters. The summed E-state index contributed by atoms with van der Waals surface area (Å²) in [5.41, 5.74) is 0.528. The number of carbonyl (C=O) groups is 1. The highest BCUT2D eigenvalue weighted by Crippen LogP contribution is 2.27. The summed E-state index contributed by atoms with van der Waals surface area (Å²) in [7, 11) is 0. The fourth-order valence-electron chi connectivity index (χ4n) is 3.99. The average Bonchev–Trinajstić information content (AvgIpc) is 2.80. The van der Waals surface area contributed by atoms with E-state index in [1.165, 1.54) is 0 Å². The van der Waals surface area contributed by atoms with Gasteiger partial charge in [-0.3, -0.25) is 4.79 Å². The molecule has 1 aromatic carbocycles. The van der Waals surface area contributed by atoms with Crippen LogP contribution in [0.25, 0.3) is 0 Å². The molecule has 3 heterocycles. The summed E-state index contributed by atoms with van der Waals surface area (Å²) in [6.45, 7) is 10.1. The topological polar surface area (TPSA) is 61.8 Å². The van der Waals surface area contributed by atoms with Gasteiger partial charge in [0.15, 0.2) is 0 Å². The number of anilines is 2. The van der Waals surface area contributed by atoms with E-state index in [1.54, 1.807) is 6.33 Å². The molecule has 0 unspecified atom stereocenters. The van der Waals surface area contributed by atoms with E-state index in [-0.39, 0.29) is 5.91 Å². The van der Waals surface area contributed by atoms with Crippen molar-refractivity contribution < 1.29 is 9.53 Å². The number of carbonyl (C=O) groups excluding carboxylic acids is 1. The molecule has 0 radical (unpaired) electrons. The van der Waals surface area contributed by atoms with Gasteiger partial charge in [-0.15, -0.1) is 0 Å². The Kier molecular flexibility index (Phi) is 5.67. The van der Waals surface area contributed by atoms with Gasteiger partial charge < -0.3 is 19.4 Å². The van der Waals surface area contributed by atoms with Crippen LogP contribution in [0.2, 0.25) is 0 Å². The lowest BCUT2D eigenvalue weighted by Crippen LogP contribution is -2.53. The summed E-state index contributed by atoms with van der Waals surface area (Å²) in [6.07, 6.45) is 1.64. The van der Waals surface area contributed by atoms with Crippen LogP contribution < -0.4 is 9.80 Å². The second kappa shape index (κ2) is 8.37. The first-order chi connectivity index (χ1) is 14.1. The van der Waals surface area contributed by atoms with Gasteiger partial charge in [0.1, 0.15) is 18.0 Å². The third-order valence-electron chi connectivity index (χ3n) is 5.89. The first-order valence-corrected chi connectivity index (χ1v) is 10.3. The van der Waals surface area contributed by atoms with E-state index in [0.717, 1.165) is 56.6 Å². The lowest BCUT2D eigenvalue weighted by molar-refractivity contribution is -0.136. The summed E-state index contributed by atoms with van der Waals surface area (Å²) in [5, 5.41) is 0. The van der Waals surface area contributed by atoms with E-state index in [0.29, 0.717) is 13.1 Å². The van der Waals surface area contributed by atoms with Gasteiger partial charge in [-0.05, 0) is 19.4 Å². The predicted molar refractivity (Wildman–Crippen MR) is 113 cm³/mol. The molecule has 2 aliphatic rings. The standard InChI is InChI=1S/C22H29N5O2/c1-22(2,18-6-4-3-5-7-18)21(28)27-10-8-25(9-11-27)19-16-20(24-17-23-19)26-12-14-29-15-13-26/h3-7,16-17H,8-15H2,1-2H3. The fraction of sp³-hybridized carbons (Fsp3) is 0.500. The van der Waals surface area contributed by atoms with Gasteiger partial charge in [0.05, 0.1) is 18.6 Å². The van der Waals surface area contributed by atoms with Crippen LogP contribution in [0.5, 0.6) is 0 Å². The molecule has 0 saturated carbocycles. The normalized spacial score (nSPS) is 18.1. The molecule has 2 fully saturated rings. The number of piperazine rings is 1. The zero-order valence-corrected chi connectivity index (χ0v) is 17.3. The molecule has 29 heavy (non-hydrogen) atoms. The van der Waals surface area contributed by atoms with Gasteiger partial charge in [-0.1, -0.05) is 30.3 Å². The molecule has 2 aromatic rings. The van der Waals surface area contributed by atoms with Gasteiger partial charge in [-0.2, -0.15) is 0 Å². The van der Waals surface area contributed by atoms with E-state index in [4.69, 9.17) is 4.74 Å². The first kappa shape index (κ1) is 19.6. The van der Waals surface area contributed by atoms with Gasteiger partial charge in [0.25, 0.3) is 0 Å². The van der Waals surface area contributed by atoms with Gasteiger partial charge in [0, 0.05) is 45.3 Å². The highest BCUT2D eigenvalue weighted by molar-refractivity contribution is 5.87. The molecule has 0 N–H and O–H groups in total. The molecule has 0 spiro atoms. The SMILES string of the molecule is CC(C)(C(=O)N1CCN(c2cc(N3CCOCC3)ncn2)CC1)c1ccccc1. The lowest BCUT2D eigenvalue weighted by atomic mass is 9.83. The minimum absolute atomic E-state index is 0.181. The van der Waals surface area contributed by atoms with Crippen LogP contribution in [-0.4, -0.2) is 73.3 Å². The van der Waals surface area contributed by atoms with Crippen molar-refractivity contribution >= 4 is 17.5 Å². The molecule has 0 bridgehead atoms. The number of morpholine rings is 1. The van der Waals surface area contributed by atoms with Crippen LogP contribution in [0.15, 0.2) is 42.7 Å². The van der Waals surface area contributed by atoms with E-state index < -0.39 is 5.41 Å². The van der Waals surface area contributed by atoms with Crippen molar-refractivity contribution in [1.82, 2.24) is 14.9 Å². The van der Waals surface area contributed by atoms with Crippen molar-refractivity contribution in [3.8, 4) is 0 Å². The van der Waals surface area contributed by atoms with Crippen molar-refractivity contribution in [3.05, 3.63) is 48.3 Å². The monoisotopic (exact) mass is 395 g/mol. The zero-order chi connectivity index (χ0) is 20.3. The summed E-state index contributed by atoms with van der Waals surface area (Å²) in [4.78, 5) is 28.6. The third-order valence-corrected chi connectivity index (χ3v) is 5.89. The van der Waals surface area contributed by atoms with Crippen molar-refractivity contribution in [3.63, 3.8) is 0 Å². The van der Waals surface area contributed by atoms with Crippen LogP contribution >= 0.6 is 0 Å². The predicted octanol–water partition coefficient (Wildman–Crippen LogP) is 1.94. The molecular weight excluding hydrogens is 366 g/mol. The van der Waals surface area contributed by atoms with Crippen LogP contribution in [-0.2, 0) is 14.9 Å². The Morgan fingerprint density at radius 2 is 1.48 bits per heavy atom. The minimum atomic E-state index is -0.526. The highest BCUT2D eigenvalue weighted by Gasteiger charge is 2.35. The second-order valence-corrected chi connectivity index (χ2v) is 8.10. The fourth-order valence-corrected chi connectivity index (χ4v) is 3.99. The number of benzene rings is 1. The Balaban J connectivity index is 1.40. The lowest BCUT2D eigenvalue weighted by Gasteiger charge is -2.39. The molecule has 0 aliphatic carbocycles. The number of nitrogens with zero attached hydrogens (tertiary/aromatic N) is 5. The summed E-state index contributed by atoms with van der Waals surface area (Å²) in [6, 6.07) is 12.1. The number of hydrogen-bond acceptors (Lipinski definition) is 6. The van der Waals surface area contributed by atoms with Gasteiger partial charge in [0.2, 0.25) is 5.91 Å². The molecule has 1 amide bonds. The molecule has 1 aromatic heterocycles. The smallest absolute Gasteiger partial charge is 0.232 e. The van der Waals surface area contributed by atoms with E-state index in [9.17, 15) is 4.79 Å². The summed E-state index contributed by atoms with van der Waals surface area (Å²) >= 11 is 0. The Bertz CT molecular complexity index is 828. The molecule has 4 rings (SSSR count). The Morgan fingerprint density at radius 1 is 0.897 bits per heavy atom. The van der Waals surface area contributed by atoms with Crippen LogP contribution in [0.4, 0.5) is 11.6 Å². The quantitative estimate of drug-likeness (QED) is 0.789. The van der Waals surface area contributed by atoms with E-state index in [2.05, 4.69) is 25.8 Å². The van der Waals surface area contributed by atoms with Crippen molar-refractivity contribution in [1.29, 1.82) is 0 Å². The van der Waals surface area contributed by atoms with Crippen molar-refractivity contribution in [2.24, 2.45) is 0 Å². The van der Waals surface area contributed by atoms with Crippen LogP contribution in [0.1, 0.15) is 19.4 Å². The average molecular weight is 396 g/mol. The zero-order valence-electron chi connectivity index (χ0n) is 17.3. The molecule has 154 valence electrons. The number of hydrogen-bond donors (Lipinski definition) is 0. The summed E-state index contributed by atoms with van der Waals surface area (Å²) in [5.74, 6) is 2.05. The Labute approximate surface area is 172 Å². The van der Waals surface area contributed by atoms with Gasteiger partial charge in [-0.25, -0.2) is 9.97 Å². The van der Waals surface area contributed by atoms with Crippen molar-refractivity contribution in [2.45, 2.75) is 19.3 Å². The minimum Gasteiger partial charge on any atom is -0.378 e. The maximum absolute atomic E-state index is 13.2. The molecule has 7 nitrogen and oxygen atoms in total. The molecule has 2 aliphatic heterocycles. The molecule has 7 heteroatoms. The number of rotatable bonds is 4. The Morgan fingerprint density at radius 3 is 2.10 bits per heavy atom. The molecular formula is C22H29N5O2. The second-order valence-electron chi connectivity index (χ2n) is 8.10. The third kappa shape index (κ3) is 4.19. The van der Waals surface area contributed by atoms with Crippen molar-refractivity contribution in [2.75, 3.05) is 62.3 Å². The number of ether oxygens (including phenoxy) is 1. The van der Waals surface area contributed by atoms with Crippen LogP contribution in [0.3, 0.4) is 0 Å². The maximum atomic E-state index is 13.2. The maximum Gasteiger partial charge on any atom is 0.232 e. The Hall–Kier alpha value is -2.67. The summed E-state index contributed by atoms with van der Waals surface area (Å²) < 4.78 is 5.43. The van der Waals surface area contributed by atoms with E-state index >= 15 is 0 Å². The first-order valence-electron chi connectivity index (χ1n) is 10.3. The number of aromatic nitrogens is 2. The van der Waals surface area contributed by atoms with Crippen LogP contribution in [0, 0.1) is 0 Å². The number of amides is 1. The molecule has 2 saturated heterocycles. The largest absolute Gasteiger partial charge is 0.378 e. The van der Waals surface area contributed by atoms with E-state index in [1.807, 2.05) is 49.1 Å².